The zero-order valence-corrected chi connectivity index (χ0v) is 15.5. The molecule has 1 aromatic rings. The van der Waals surface area contributed by atoms with Crippen molar-refractivity contribution in [2.45, 2.75) is 38.2 Å². The van der Waals surface area contributed by atoms with Crippen LogP contribution in [0.2, 0.25) is 0 Å². The predicted molar refractivity (Wildman–Crippen MR) is 94.1 cm³/mol. The number of amides is 2. The Kier molecular flexibility index (Phi) is 5.87. The number of hydrogen-bond donors (Lipinski definition) is 1. The third-order valence-electron chi connectivity index (χ3n) is 4.17. The van der Waals surface area contributed by atoms with E-state index in [0.29, 0.717) is 36.9 Å². The first-order chi connectivity index (χ1) is 11.2. The molecule has 1 aromatic carbocycles. The Morgan fingerprint density at radius 2 is 2.08 bits per heavy atom. The van der Waals surface area contributed by atoms with Crippen molar-refractivity contribution in [1.29, 1.82) is 0 Å². The van der Waals surface area contributed by atoms with Gasteiger partial charge < -0.3 is 15.0 Å². The van der Waals surface area contributed by atoms with E-state index in [1.54, 1.807) is 24.0 Å². The van der Waals surface area contributed by atoms with E-state index in [4.69, 9.17) is 4.74 Å². The van der Waals surface area contributed by atoms with E-state index in [-0.39, 0.29) is 17.0 Å². The predicted octanol–water partition coefficient (Wildman–Crippen LogP) is 2.68. The van der Waals surface area contributed by atoms with Gasteiger partial charge in [-0.2, -0.15) is 0 Å². The van der Waals surface area contributed by atoms with Crippen LogP contribution in [-0.4, -0.2) is 51.4 Å². The lowest BCUT2D eigenvalue weighted by atomic mass is 10.1. The lowest BCUT2D eigenvalue weighted by molar-refractivity contribution is 0.0273. The number of carbonyl (C=O) groups is 1. The van der Waals surface area contributed by atoms with Gasteiger partial charge >= 0.3 is 6.03 Å². The van der Waals surface area contributed by atoms with E-state index in [1.165, 1.54) is 12.3 Å². The number of aryl methyl sites for hydroxylation is 1. The minimum atomic E-state index is -3.33. The summed E-state index contributed by atoms with van der Waals surface area (Å²) >= 11 is 0. The molecule has 6 nitrogen and oxygen atoms in total. The molecule has 1 heterocycles. The third kappa shape index (κ3) is 4.70. The fraction of sp³-hybridized carbons (Fsp3) is 0.588. The SMILES string of the molecule is Cc1ccc(NC(=O)N2CCCOC(C(C)C)C2)cc1S(C)(=O)=O. The van der Waals surface area contributed by atoms with Crippen molar-refractivity contribution in [3.63, 3.8) is 0 Å². The molecule has 0 bridgehead atoms. The van der Waals surface area contributed by atoms with Crippen molar-refractivity contribution in [3.8, 4) is 0 Å². The second-order valence-corrected chi connectivity index (χ2v) is 8.62. The number of rotatable bonds is 3. The first-order valence-corrected chi connectivity index (χ1v) is 10.1. The first-order valence-electron chi connectivity index (χ1n) is 8.16. The molecular formula is C17H26N2O4S. The lowest BCUT2D eigenvalue weighted by Crippen LogP contribution is -2.41. The summed E-state index contributed by atoms with van der Waals surface area (Å²) in [4.78, 5) is 14.5. The average Bonchev–Trinajstić information content (AvgIpc) is 2.74. The van der Waals surface area contributed by atoms with Crippen molar-refractivity contribution in [2.75, 3.05) is 31.3 Å². The Balaban J connectivity index is 2.14. The van der Waals surface area contributed by atoms with Crippen LogP contribution in [0.3, 0.4) is 0 Å². The number of benzene rings is 1. The molecule has 0 saturated carbocycles. The van der Waals surface area contributed by atoms with Gasteiger partial charge in [0.25, 0.3) is 0 Å². The molecule has 0 radical (unpaired) electrons. The van der Waals surface area contributed by atoms with Crippen LogP contribution in [0.1, 0.15) is 25.8 Å². The van der Waals surface area contributed by atoms with Crippen LogP contribution in [0.5, 0.6) is 0 Å². The van der Waals surface area contributed by atoms with Crippen molar-refractivity contribution in [3.05, 3.63) is 23.8 Å². The van der Waals surface area contributed by atoms with Gasteiger partial charge in [0.05, 0.1) is 11.0 Å². The number of urea groups is 1. The van der Waals surface area contributed by atoms with E-state index in [0.717, 1.165) is 6.42 Å². The van der Waals surface area contributed by atoms with Gasteiger partial charge in [-0.25, -0.2) is 13.2 Å². The molecule has 1 aliphatic heterocycles. The fourth-order valence-corrected chi connectivity index (χ4v) is 3.71. The molecule has 1 unspecified atom stereocenters. The standard InChI is InChI=1S/C17H26N2O4S/c1-12(2)15-11-19(8-5-9-23-15)17(20)18-14-7-6-13(3)16(10-14)24(4,21)22/h6-7,10,12,15H,5,8-9,11H2,1-4H3,(H,18,20). The smallest absolute Gasteiger partial charge is 0.321 e. The molecule has 1 atom stereocenters. The van der Waals surface area contributed by atoms with Crippen LogP contribution in [-0.2, 0) is 14.6 Å². The highest BCUT2D eigenvalue weighted by atomic mass is 32.2. The molecule has 1 fully saturated rings. The number of hydrogen-bond acceptors (Lipinski definition) is 4. The van der Waals surface area contributed by atoms with Crippen LogP contribution in [0.4, 0.5) is 10.5 Å². The maximum absolute atomic E-state index is 12.5. The molecule has 1 saturated heterocycles. The van der Waals surface area contributed by atoms with Gasteiger partial charge in [-0.1, -0.05) is 19.9 Å². The second-order valence-electron chi connectivity index (χ2n) is 6.64. The van der Waals surface area contributed by atoms with Gasteiger partial charge in [0.2, 0.25) is 0 Å². The molecule has 24 heavy (non-hydrogen) atoms. The Labute approximate surface area is 144 Å². The number of anilines is 1. The Bertz CT molecular complexity index is 701. The van der Waals surface area contributed by atoms with Gasteiger partial charge in [0, 0.05) is 31.6 Å². The summed E-state index contributed by atoms with van der Waals surface area (Å²) in [6.07, 6.45) is 1.97. The van der Waals surface area contributed by atoms with Crippen LogP contribution in [0.25, 0.3) is 0 Å². The molecule has 0 aliphatic carbocycles. The van der Waals surface area contributed by atoms with Crippen molar-refractivity contribution < 1.29 is 17.9 Å². The van der Waals surface area contributed by atoms with Gasteiger partial charge in [0.15, 0.2) is 9.84 Å². The Hall–Kier alpha value is -1.60. The van der Waals surface area contributed by atoms with Gasteiger partial charge in [0.1, 0.15) is 0 Å². The van der Waals surface area contributed by atoms with E-state index < -0.39 is 9.84 Å². The minimum absolute atomic E-state index is 0.0165. The van der Waals surface area contributed by atoms with E-state index in [2.05, 4.69) is 19.2 Å². The summed E-state index contributed by atoms with van der Waals surface area (Å²) in [7, 11) is -3.33. The minimum Gasteiger partial charge on any atom is -0.376 e. The number of nitrogens with zero attached hydrogens (tertiary/aromatic N) is 1. The monoisotopic (exact) mass is 354 g/mol. The molecule has 2 amide bonds. The lowest BCUT2D eigenvalue weighted by Gasteiger charge is -2.26. The number of carbonyl (C=O) groups excluding carboxylic acids is 1. The second kappa shape index (κ2) is 7.53. The van der Waals surface area contributed by atoms with Gasteiger partial charge in [-0.05, 0) is 37.0 Å². The van der Waals surface area contributed by atoms with Gasteiger partial charge in [-0.15, -0.1) is 0 Å². The van der Waals surface area contributed by atoms with Crippen LogP contribution < -0.4 is 5.32 Å². The van der Waals surface area contributed by atoms with E-state index in [9.17, 15) is 13.2 Å². The summed E-state index contributed by atoms with van der Waals surface area (Å²) in [5, 5.41) is 2.81. The molecular weight excluding hydrogens is 328 g/mol. The van der Waals surface area contributed by atoms with Crippen molar-refractivity contribution >= 4 is 21.6 Å². The third-order valence-corrected chi connectivity index (χ3v) is 5.41. The fourth-order valence-electron chi connectivity index (χ4n) is 2.72. The molecule has 1 N–H and O–H groups in total. The zero-order chi connectivity index (χ0) is 17.9. The first kappa shape index (κ1) is 18.7. The van der Waals surface area contributed by atoms with Crippen LogP contribution in [0.15, 0.2) is 23.1 Å². The molecule has 0 aromatic heterocycles. The molecule has 2 rings (SSSR count). The topological polar surface area (TPSA) is 75.7 Å². The highest BCUT2D eigenvalue weighted by molar-refractivity contribution is 7.90. The zero-order valence-electron chi connectivity index (χ0n) is 14.7. The molecule has 0 spiro atoms. The molecule has 1 aliphatic rings. The Morgan fingerprint density at radius 3 is 2.71 bits per heavy atom. The Morgan fingerprint density at radius 1 is 1.38 bits per heavy atom. The quantitative estimate of drug-likeness (QED) is 0.905. The molecule has 7 heteroatoms. The van der Waals surface area contributed by atoms with Crippen molar-refractivity contribution in [1.82, 2.24) is 4.90 Å². The summed E-state index contributed by atoms with van der Waals surface area (Å²) in [5.41, 5.74) is 1.15. The summed E-state index contributed by atoms with van der Waals surface area (Å²) < 4.78 is 29.4. The number of ether oxygens (including phenoxy) is 1. The maximum atomic E-state index is 12.5. The maximum Gasteiger partial charge on any atom is 0.321 e. The number of nitrogens with one attached hydrogen (secondary N) is 1. The highest BCUT2D eigenvalue weighted by Crippen LogP contribution is 2.21. The van der Waals surface area contributed by atoms with Crippen LogP contribution in [0, 0.1) is 12.8 Å². The summed E-state index contributed by atoms with van der Waals surface area (Å²) in [5.74, 6) is 0.328. The molecule has 134 valence electrons. The normalized spacial score (nSPS) is 19.2. The largest absolute Gasteiger partial charge is 0.376 e. The average molecular weight is 354 g/mol. The van der Waals surface area contributed by atoms with E-state index >= 15 is 0 Å². The van der Waals surface area contributed by atoms with Gasteiger partial charge in [-0.3, -0.25) is 0 Å². The summed E-state index contributed by atoms with van der Waals surface area (Å²) in [6, 6.07) is 4.70. The highest BCUT2D eigenvalue weighted by Gasteiger charge is 2.25. The number of sulfone groups is 1. The van der Waals surface area contributed by atoms with E-state index in [1.807, 2.05) is 0 Å². The summed E-state index contributed by atoms with van der Waals surface area (Å²) in [6.45, 7) is 7.69. The van der Waals surface area contributed by atoms with Crippen molar-refractivity contribution in [2.24, 2.45) is 5.92 Å². The van der Waals surface area contributed by atoms with Crippen LogP contribution >= 0.6 is 0 Å².